The quantitative estimate of drug-likeness (QED) is 0.903. The maximum absolute atomic E-state index is 6.14. The Balaban J connectivity index is 1.66. The number of fused-ring (bicyclic) bond motifs is 1. The van der Waals surface area contributed by atoms with Gasteiger partial charge in [-0.15, -0.1) is 0 Å². The second-order valence-corrected chi connectivity index (χ2v) is 5.94. The molecule has 1 fully saturated rings. The number of hydrogen-bond acceptors (Lipinski definition) is 3. The first-order chi connectivity index (χ1) is 9.22. The van der Waals surface area contributed by atoms with Gasteiger partial charge in [-0.05, 0) is 56.8 Å². The van der Waals surface area contributed by atoms with E-state index >= 15 is 0 Å². The van der Waals surface area contributed by atoms with Crippen molar-refractivity contribution in [2.24, 2.45) is 5.92 Å². The van der Waals surface area contributed by atoms with Crippen molar-refractivity contribution in [2.45, 2.75) is 32.3 Å². The molecule has 3 nitrogen and oxygen atoms in total. The lowest BCUT2D eigenvalue weighted by Gasteiger charge is -2.31. The fourth-order valence-electron chi connectivity index (χ4n) is 2.84. The first-order valence-corrected chi connectivity index (χ1v) is 7.40. The second-order valence-electron chi connectivity index (χ2n) is 5.53. The molecule has 0 aliphatic carbocycles. The largest absolute Gasteiger partial charge is 0.486 e. The SMILES string of the molecule is Cc1cc2c(cc1Cl)OC(CC1CCNCC1)CO2. The van der Waals surface area contributed by atoms with E-state index in [4.69, 9.17) is 21.1 Å². The summed E-state index contributed by atoms with van der Waals surface area (Å²) in [4.78, 5) is 0. The fourth-order valence-corrected chi connectivity index (χ4v) is 3.00. The molecule has 1 N–H and O–H groups in total. The van der Waals surface area contributed by atoms with Crippen molar-refractivity contribution in [1.29, 1.82) is 0 Å². The van der Waals surface area contributed by atoms with Crippen LogP contribution in [0.4, 0.5) is 0 Å². The zero-order valence-electron chi connectivity index (χ0n) is 11.2. The molecule has 0 amide bonds. The molecule has 104 valence electrons. The molecule has 1 saturated heterocycles. The van der Waals surface area contributed by atoms with E-state index in [2.05, 4.69) is 5.32 Å². The molecule has 1 aromatic carbocycles. The average molecular weight is 282 g/mol. The number of aryl methyl sites for hydroxylation is 1. The van der Waals surface area contributed by atoms with E-state index in [9.17, 15) is 0 Å². The van der Waals surface area contributed by atoms with Crippen LogP contribution in [-0.2, 0) is 0 Å². The third kappa shape index (κ3) is 2.98. The Kier molecular flexibility index (Phi) is 3.85. The highest BCUT2D eigenvalue weighted by Crippen LogP contribution is 2.37. The smallest absolute Gasteiger partial charge is 0.163 e. The van der Waals surface area contributed by atoms with Gasteiger partial charge in [0.1, 0.15) is 12.7 Å². The summed E-state index contributed by atoms with van der Waals surface area (Å²) in [6.07, 6.45) is 3.71. The van der Waals surface area contributed by atoms with Crippen molar-refractivity contribution in [3.63, 3.8) is 0 Å². The molecule has 2 aliphatic heterocycles. The lowest BCUT2D eigenvalue weighted by molar-refractivity contribution is 0.0678. The highest BCUT2D eigenvalue weighted by molar-refractivity contribution is 6.31. The molecule has 0 bridgehead atoms. The molecular weight excluding hydrogens is 262 g/mol. The highest BCUT2D eigenvalue weighted by atomic mass is 35.5. The van der Waals surface area contributed by atoms with Crippen LogP contribution in [0, 0.1) is 12.8 Å². The number of hydrogen-bond donors (Lipinski definition) is 1. The summed E-state index contributed by atoms with van der Waals surface area (Å²) in [7, 11) is 0. The van der Waals surface area contributed by atoms with E-state index < -0.39 is 0 Å². The monoisotopic (exact) mass is 281 g/mol. The van der Waals surface area contributed by atoms with Crippen LogP contribution in [0.2, 0.25) is 5.02 Å². The topological polar surface area (TPSA) is 30.5 Å². The van der Waals surface area contributed by atoms with Gasteiger partial charge in [-0.1, -0.05) is 11.6 Å². The Morgan fingerprint density at radius 1 is 1.26 bits per heavy atom. The predicted molar refractivity (Wildman–Crippen MR) is 76.3 cm³/mol. The number of halogens is 1. The summed E-state index contributed by atoms with van der Waals surface area (Å²) in [5, 5.41) is 4.13. The van der Waals surface area contributed by atoms with Crippen molar-refractivity contribution in [3.05, 3.63) is 22.7 Å². The molecule has 1 aromatic rings. The molecule has 2 aliphatic rings. The third-order valence-electron chi connectivity index (χ3n) is 4.00. The molecular formula is C15H20ClNO2. The lowest BCUT2D eigenvalue weighted by Crippen LogP contribution is -2.35. The molecule has 3 rings (SSSR count). The van der Waals surface area contributed by atoms with Gasteiger partial charge < -0.3 is 14.8 Å². The first-order valence-electron chi connectivity index (χ1n) is 7.02. The Labute approximate surface area is 119 Å². The molecule has 0 radical (unpaired) electrons. The van der Waals surface area contributed by atoms with Crippen LogP contribution in [0.15, 0.2) is 12.1 Å². The van der Waals surface area contributed by atoms with Gasteiger partial charge in [0, 0.05) is 11.1 Å². The van der Waals surface area contributed by atoms with Gasteiger partial charge in [0.25, 0.3) is 0 Å². The predicted octanol–water partition coefficient (Wildman–Crippen LogP) is 3.18. The van der Waals surface area contributed by atoms with Crippen LogP contribution in [-0.4, -0.2) is 25.8 Å². The van der Waals surface area contributed by atoms with Gasteiger partial charge in [-0.25, -0.2) is 0 Å². The Hall–Kier alpha value is -0.930. The van der Waals surface area contributed by atoms with Crippen molar-refractivity contribution < 1.29 is 9.47 Å². The Bertz CT molecular complexity index is 458. The van der Waals surface area contributed by atoms with E-state index in [1.54, 1.807) is 0 Å². The number of ether oxygens (including phenoxy) is 2. The van der Waals surface area contributed by atoms with Gasteiger partial charge in [0.15, 0.2) is 11.5 Å². The van der Waals surface area contributed by atoms with Gasteiger partial charge in [0.05, 0.1) is 0 Å². The van der Waals surface area contributed by atoms with Crippen molar-refractivity contribution in [2.75, 3.05) is 19.7 Å². The molecule has 0 aromatic heterocycles. The minimum absolute atomic E-state index is 0.161. The Morgan fingerprint density at radius 3 is 2.84 bits per heavy atom. The highest BCUT2D eigenvalue weighted by Gasteiger charge is 2.25. The maximum atomic E-state index is 6.14. The molecule has 0 saturated carbocycles. The van der Waals surface area contributed by atoms with E-state index in [1.165, 1.54) is 12.8 Å². The zero-order chi connectivity index (χ0) is 13.2. The molecule has 1 atom stereocenters. The van der Waals surface area contributed by atoms with Crippen LogP contribution >= 0.6 is 11.6 Å². The van der Waals surface area contributed by atoms with Crippen molar-refractivity contribution >= 4 is 11.6 Å². The van der Waals surface area contributed by atoms with Crippen LogP contribution in [0.5, 0.6) is 11.5 Å². The van der Waals surface area contributed by atoms with E-state index in [0.717, 1.165) is 47.5 Å². The fraction of sp³-hybridized carbons (Fsp3) is 0.600. The second kappa shape index (κ2) is 5.59. The van der Waals surface area contributed by atoms with Crippen molar-refractivity contribution in [1.82, 2.24) is 5.32 Å². The summed E-state index contributed by atoms with van der Waals surface area (Å²) in [6, 6.07) is 3.83. The Morgan fingerprint density at radius 2 is 2.05 bits per heavy atom. The number of rotatable bonds is 2. The molecule has 4 heteroatoms. The van der Waals surface area contributed by atoms with E-state index in [1.807, 2.05) is 19.1 Å². The molecule has 2 heterocycles. The first kappa shape index (κ1) is 13.1. The maximum Gasteiger partial charge on any atom is 0.163 e. The van der Waals surface area contributed by atoms with Crippen LogP contribution in [0.3, 0.4) is 0 Å². The van der Waals surface area contributed by atoms with Crippen LogP contribution in [0.25, 0.3) is 0 Å². The van der Waals surface area contributed by atoms with Gasteiger partial charge in [-0.2, -0.15) is 0 Å². The molecule has 0 spiro atoms. The summed E-state index contributed by atoms with van der Waals surface area (Å²) in [5.41, 5.74) is 1.03. The summed E-state index contributed by atoms with van der Waals surface area (Å²) in [6.45, 7) is 4.88. The third-order valence-corrected chi connectivity index (χ3v) is 4.41. The van der Waals surface area contributed by atoms with Crippen LogP contribution in [0.1, 0.15) is 24.8 Å². The minimum Gasteiger partial charge on any atom is -0.486 e. The number of piperidine rings is 1. The number of nitrogens with one attached hydrogen (secondary N) is 1. The van der Waals surface area contributed by atoms with Crippen molar-refractivity contribution in [3.8, 4) is 11.5 Å². The standard InChI is InChI=1S/C15H20ClNO2/c1-10-6-14-15(8-13(10)16)19-12(9-18-14)7-11-2-4-17-5-3-11/h6,8,11-12,17H,2-5,7,9H2,1H3. The summed E-state index contributed by atoms with van der Waals surface area (Å²) in [5.74, 6) is 2.36. The van der Waals surface area contributed by atoms with Gasteiger partial charge >= 0.3 is 0 Å². The van der Waals surface area contributed by atoms with Crippen LogP contribution < -0.4 is 14.8 Å². The number of benzene rings is 1. The van der Waals surface area contributed by atoms with Gasteiger partial charge in [-0.3, -0.25) is 0 Å². The minimum atomic E-state index is 0.161. The van der Waals surface area contributed by atoms with Gasteiger partial charge in [0.2, 0.25) is 0 Å². The summed E-state index contributed by atoms with van der Waals surface area (Å²) >= 11 is 6.14. The normalized spacial score (nSPS) is 23.4. The molecule has 1 unspecified atom stereocenters. The van der Waals surface area contributed by atoms with E-state index in [-0.39, 0.29) is 6.10 Å². The summed E-state index contributed by atoms with van der Waals surface area (Å²) < 4.78 is 11.9. The zero-order valence-corrected chi connectivity index (χ0v) is 12.0. The lowest BCUT2D eigenvalue weighted by atomic mass is 9.92. The van der Waals surface area contributed by atoms with E-state index in [0.29, 0.717) is 6.61 Å². The average Bonchev–Trinajstić information content (AvgIpc) is 2.42. The molecule has 19 heavy (non-hydrogen) atoms.